The van der Waals surface area contributed by atoms with Crippen molar-refractivity contribution in [2.24, 2.45) is 11.8 Å². The highest BCUT2D eigenvalue weighted by Crippen LogP contribution is 2.56. The molecule has 2 bridgehead atoms. The van der Waals surface area contributed by atoms with Crippen LogP contribution in [0.5, 0.6) is 0 Å². The van der Waals surface area contributed by atoms with Crippen molar-refractivity contribution in [2.75, 3.05) is 18.9 Å². The van der Waals surface area contributed by atoms with E-state index in [2.05, 4.69) is 10.2 Å². The largest absolute Gasteiger partial charge is 0.388 e. The first-order valence-electron chi connectivity index (χ1n) is 11.6. The molecule has 0 aliphatic heterocycles. The van der Waals surface area contributed by atoms with Gasteiger partial charge >= 0.3 is 0 Å². The lowest BCUT2D eigenvalue weighted by molar-refractivity contribution is -0.187. The van der Waals surface area contributed by atoms with Crippen molar-refractivity contribution in [3.63, 3.8) is 0 Å². The molecule has 3 aliphatic rings. The molecule has 2 N–H and O–H groups in total. The van der Waals surface area contributed by atoms with Gasteiger partial charge in [-0.2, -0.15) is 0 Å². The highest BCUT2D eigenvalue weighted by Gasteiger charge is 2.60. The summed E-state index contributed by atoms with van der Waals surface area (Å²) in [5, 5.41) is 13.0. The molecule has 2 aromatic rings. The van der Waals surface area contributed by atoms with Crippen molar-refractivity contribution >= 4 is 33.0 Å². The van der Waals surface area contributed by atoms with Gasteiger partial charge in [0.05, 0.1) is 20.8 Å². The number of hydrogen-bond acceptors (Lipinski definition) is 5. The Morgan fingerprint density at radius 2 is 1.80 bits per heavy atom. The van der Waals surface area contributed by atoms with Crippen molar-refractivity contribution in [3.8, 4) is 0 Å². The minimum absolute atomic E-state index is 0.00317. The fraction of sp³-hybridized carbons (Fsp3) is 0.480. The summed E-state index contributed by atoms with van der Waals surface area (Å²) in [6.07, 6.45) is 1.44. The van der Waals surface area contributed by atoms with Gasteiger partial charge in [0.25, 0.3) is 5.91 Å². The first-order valence-corrected chi connectivity index (χ1v) is 13.5. The van der Waals surface area contributed by atoms with Crippen LogP contribution in [-0.2, 0) is 9.84 Å². The molecule has 0 radical (unpaired) electrons. The lowest BCUT2D eigenvalue weighted by atomic mass is 9.53. The Morgan fingerprint density at radius 1 is 1.14 bits per heavy atom. The Kier molecular flexibility index (Phi) is 7.00. The first kappa shape index (κ1) is 26.0. The summed E-state index contributed by atoms with van der Waals surface area (Å²) in [6, 6.07) is 7.12. The number of nitrogens with one attached hydrogen (secondary N) is 1. The number of hydrogen-bond donors (Lipinski definition) is 2. The van der Waals surface area contributed by atoms with E-state index >= 15 is 0 Å². The third-order valence-corrected chi connectivity index (χ3v) is 10.2. The topological polar surface area (TPSA) is 86.7 Å². The second-order valence-corrected chi connectivity index (χ2v) is 12.6. The first-order chi connectivity index (χ1) is 16.3. The fourth-order valence-corrected chi connectivity index (χ4v) is 7.57. The van der Waals surface area contributed by atoms with Gasteiger partial charge in [-0.1, -0.05) is 11.6 Å². The molecular weight excluding hydrogens is 498 g/mol. The molecule has 0 aromatic heterocycles. The van der Waals surface area contributed by atoms with Crippen LogP contribution in [0.2, 0.25) is 5.02 Å². The zero-order valence-corrected chi connectivity index (χ0v) is 21.3. The number of halogens is 3. The molecule has 3 fully saturated rings. The van der Waals surface area contributed by atoms with Crippen molar-refractivity contribution < 1.29 is 27.1 Å². The van der Waals surface area contributed by atoms with Crippen LogP contribution in [-0.4, -0.2) is 54.8 Å². The molecule has 0 heterocycles. The molecular formula is C25H29ClF2N2O4S. The van der Waals surface area contributed by atoms with Crippen molar-refractivity contribution in [2.45, 2.75) is 54.9 Å². The number of sulfone groups is 1. The van der Waals surface area contributed by atoms with E-state index in [0.717, 1.165) is 18.6 Å². The van der Waals surface area contributed by atoms with E-state index in [4.69, 9.17) is 11.6 Å². The lowest BCUT2D eigenvalue weighted by Gasteiger charge is -2.59. The van der Waals surface area contributed by atoms with E-state index in [0.29, 0.717) is 19.4 Å². The molecule has 6 nitrogen and oxygen atoms in total. The minimum atomic E-state index is -3.88. The quantitative estimate of drug-likeness (QED) is 0.554. The maximum absolute atomic E-state index is 13.5. The maximum Gasteiger partial charge on any atom is 0.255 e. The minimum Gasteiger partial charge on any atom is -0.388 e. The van der Waals surface area contributed by atoms with Gasteiger partial charge in [0, 0.05) is 29.9 Å². The van der Waals surface area contributed by atoms with Gasteiger partial charge in [-0.25, -0.2) is 17.2 Å². The lowest BCUT2D eigenvalue weighted by Crippen LogP contribution is -2.66. The number of fused-ring (bicyclic) bond motifs is 2. The van der Waals surface area contributed by atoms with Crippen molar-refractivity contribution in [1.82, 2.24) is 4.90 Å². The number of anilines is 1. The average molecular weight is 527 g/mol. The molecule has 2 aromatic carbocycles. The maximum atomic E-state index is 13.5. The number of nitrogens with zero attached hydrogens (tertiary/aromatic N) is 1. The van der Waals surface area contributed by atoms with Crippen LogP contribution >= 0.6 is 11.6 Å². The Labute approximate surface area is 209 Å². The zero-order valence-electron chi connectivity index (χ0n) is 19.8. The van der Waals surface area contributed by atoms with E-state index in [1.165, 1.54) is 24.3 Å². The standard InChI is InChI=1S/C25H29ClF2N2O4S/c1-14(2)30(3)13-25(32)16-9-17(25)11-19(10-16)35(33,34)23-8-15(4-6-20(23)26)24(31)29-18-5-7-21(27)22(28)12-18/h4-8,12,14,16-17,19,32H,9-11,13H2,1-3H3,(H,29,31). The predicted octanol–water partition coefficient (Wildman–Crippen LogP) is 4.51. The highest BCUT2D eigenvalue weighted by molar-refractivity contribution is 7.92. The van der Waals surface area contributed by atoms with Crippen LogP contribution < -0.4 is 5.32 Å². The number of carbonyl (C=O) groups excluding carboxylic acids is 1. The molecule has 0 spiro atoms. The summed E-state index contributed by atoms with van der Waals surface area (Å²) >= 11 is 6.25. The fourth-order valence-electron chi connectivity index (χ4n) is 5.17. The van der Waals surface area contributed by atoms with Crippen LogP contribution in [0.15, 0.2) is 41.3 Å². The molecule has 2 atom stereocenters. The summed E-state index contributed by atoms with van der Waals surface area (Å²) in [5.41, 5.74) is -0.846. The van der Waals surface area contributed by atoms with Gasteiger partial charge in [0.15, 0.2) is 21.5 Å². The SMILES string of the molecule is CC(C)N(C)CC1(O)C2CC1CC(S(=O)(=O)c1cc(C(=O)Nc3ccc(F)c(F)c3)ccc1Cl)C2. The monoisotopic (exact) mass is 526 g/mol. The normalized spacial score (nSPS) is 26.0. The van der Waals surface area contributed by atoms with Gasteiger partial charge in [-0.15, -0.1) is 0 Å². The molecule has 0 saturated heterocycles. The van der Waals surface area contributed by atoms with Crippen LogP contribution in [0.4, 0.5) is 14.5 Å². The number of carbonyl (C=O) groups is 1. The summed E-state index contributed by atoms with van der Waals surface area (Å²) in [7, 11) is -1.93. The summed E-state index contributed by atoms with van der Waals surface area (Å²) in [5.74, 6) is -3.09. The average Bonchev–Trinajstić information content (AvgIpc) is 2.81. The Balaban J connectivity index is 1.52. The predicted molar refractivity (Wildman–Crippen MR) is 130 cm³/mol. The summed E-state index contributed by atoms with van der Waals surface area (Å²) in [6.45, 7) is 4.58. The Morgan fingerprint density at radius 3 is 2.40 bits per heavy atom. The zero-order chi connectivity index (χ0) is 25.7. The van der Waals surface area contributed by atoms with Gasteiger partial charge in [-0.3, -0.25) is 4.79 Å². The number of benzene rings is 2. The van der Waals surface area contributed by atoms with Gasteiger partial charge < -0.3 is 15.3 Å². The summed E-state index contributed by atoms with van der Waals surface area (Å²) in [4.78, 5) is 14.6. The number of amides is 1. The van der Waals surface area contributed by atoms with E-state index < -0.39 is 38.2 Å². The molecule has 190 valence electrons. The van der Waals surface area contributed by atoms with Crippen molar-refractivity contribution in [3.05, 3.63) is 58.6 Å². The van der Waals surface area contributed by atoms with Gasteiger partial charge in [0.2, 0.25) is 0 Å². The second kappa shape index (κ2) is 9.42. The smallest absolute Gasteiger partial charge is 0.255 e. The second-order valence-electron chi connectivity index (χ2n) is 10.00. The molecule has 5 rings (SSSR count). The van der Waals surface area contributed by atoms with E-state index in [-0.39, 0.29) is 39.0 Å². The molecule has 3 saturated carbocycles. The molecule has 1 amide bonds. The molecule has 2 unspecified atom stereocenters. The van der Waals surface area contributed by atoms with E-state index in [1.807, 2.05) is 20.9 Å². The Hall–Kier alpha value is -2.07. The van der Waals surface area contributed by atoms with Crippen LogP contribution in [0.25, 0.3) is 0 Å². The molecule has 3 aliphatic carbocycles. The van der Waals surface area contributed by atoms with Crippen LogP contribution in [0.1, 0.15) is 43.5 Å². The van der Waals surface area contributed by atoms with Crippen LogP contribution in [0.3, 0.4) is 0 Å². The highest BCUT2D eigenvalue weighted by atomic mass is 35.5. The third kappa shape index (κ3) is 4.83. The Bertz CT molecular complexity index is 1240. The van der Waals surface area contributed by atoms with Crippen molar-refractivity contribution in [1.29, 1.82) is 0 Å². The number of aliphatic hydroxyl groups is 1. The molecule has 10 heteroatoms. The van der Waals surface area contributed by atoms with E-state index in [9.17, 15) is 27.1 Å². The van der Waals surface area contributed by atoms with Gasteiger partial charge in [0.1, 0.15) is 0 Å². The number of rotatable bonds is 7. The molecule has 35 heavy (non-hydrogen) atoms. The van der Waals surface area contributed by atoms with E-state index in [1.54, 1.807) is 0 Å². The van der Waals surface area contributed by atoms with Crippen LogP contribution in [0, 0.1) is 23.5 Å². The van der Waals surface area contributed by atoms with Gasteiger partial charge in [-0.05, 0) is 82.3 Å². The third-order valence-electron chi connectivity index (χ3n) is 7.58. The summed E-state index contributed by atoms with van der Waals surface area (Å²) < 4.78 is 53.7. The number of likely N-dealkylation sites (N-methyl/N-ethyl adjacent to an activating group) is 1.